The molecular weight excluding hydrogens is 328 g/mol. The summed E-state index contributed by atoms with van der Waals surface area (Å²) in [6.07, 6.45) is 0.801. The molecule has 0 radical (unpaired) electrons. The second-order valence-corrected chi connectivity index (χ2v) is 6.74. The number of hydrogen-bond donors (Lipinski definition) is 0. The molecule has 0 aromatic heterocycles. The molecule has 1 aliphatic heterocycles. The topological polar surface area (TPSA) is 42.0 Å². The summed E-state index contributed by atoms with van der Waals surface area (Å²) in [7, 11) is 5.64. The van der Waals surface area contributed by atoms with Crippen LogP contribution in [0.5, 0.6) is 5.75 Å². The zero-order chi connectivity index (χ0) is 18.5. The Labute approximate surface area is 155 Å². The number of morpholine rings is 1. The molecule has 26 heavy (non-hydrogen) atoms. The third-order valence-corrected chi connectivity index (χ3v) is 4.68. The number of carbonyl (C=O) groups is 1. The van der Waals surface area contributed by atoms with Gasteiger partial charge in [-0.25, -0.2) is 0 Å². The summed E-state index contributed by atoms with van der Waals surface area (Å²) in [5.41, 5.74) is 2.99. The normalized spacial score (nSPS) is 17.0. The van der Waals surface area contributed by atoms with Crippen LogP contribution in [0.4, 0.5) is 5.69 Å². The Balaban J connectivity index is 1.62. The Morgan fingerprint density at radius 3 is 2.46 bits per heavy atom. The minimum absolute atomic E-state index is 0.0159. The van der Waals surface area contributed by atoms with Crippen LogP contribution in [0.3, 0.4) is 0 Å². The number of benzene rings is 2. The molecule has 5 nitrogen and oxygen atoms in total. The van der Waals surface area contributed by atoms with Gasteiger partial charge in [-0.1, -0.05) is 12.1 Å². The smallest absolute Gasteiger partial charge is 0.254 e. The van der Waals surface area contributed by atoms with Crippen LogP contribution in [-0.4, -0.2) is 57.8 Å². The highest BCUT2D eigenvalue weighted by molar-refractivity contribution is 5.94. The molecule has 3 rings (SSSR count). The van der Waals surface area contributed by atoms with E-state index in [1.165, 1.54) is 5.56 Å². The van der Waals surface area contributed by atoms with Gasteiger partial charge in [0, 0.05) is 44.9 Å². The highest BCUT2D eigenvalue weighted by atomic mass is 16.5. The SMILES string of the molecule is COc1ccc(CC2CN(C(=O)c3ccc(N(C)C)cc3)CCO2)cc1. The molecule has 138 valence electrons. The van der Waals surface area contributed by atoms with E-state index in [0.717, 1.165) is 23.4 Å². The number of rotatable bonds is 5. The minimum Gasteiger partial charge on any atom is -0.497 e. The van der Waals surface area contributed by atoms with Gasteiger partial charge in [-0.2, -0.15) is 0 Å². The third kappa shape index (κ3) is 4.35. The maximum absolute atomic E-state index is 12.8. The van der Waals surface area contributed by atoms with E-state index in [-0.39, 0.29) is 12.0 Å². The Bertz CT molecular complexity index is 726. The summed E-state index contributed by atoms with van der Waals surface area (Å²) in [6, 6.07) is 15.7. The van der Waals surface area contributed by atoms with Crippen LogP contribution in [0.25, 0.3) is 0 Å². The first-order valence-corrected chi connectivity index (χ1v) is 8.88. The van der Waals surface area contributed by atoms with Gasteiger partial charge < -0.3 is 19.3 Å². The lowest BCUT2D eigenvalue weighted by atomic mass is 10.1. The maximum Gasteiger partial charge on any atom is 0.254 e. The summed E-state index contributed by atoms with van der Waals surface area (Å²) in [6.45, 7) is 1.82. The zero-order valence-corrected chi connectivity index (χ0v) is 15.6. The van der Waals surface area contributed by atoms with E-state index in [4.69, 9.17) is 9.47 Å². The molecule has 1 atom stereocenters. The average molecular weight is 354 g/mol. The number of nitrogens with zero attached hydrogens (tertiary/aromatic N) is 2. The van der Waals surface area contributed by atoms with E-state index in [1.54, 1.807) is 7.11 Å². The highest BCUT2D eigenvalue weighted by Gasteiger charge is 2.25. The minimum atomic E-state index is 0.0159. The quantitative estimate of drug-likeness (QED) is 0.828. The van der Waals surface area contributed by atoms with Gasteiger partial charge in [-0.05, 0) is 42.0 Å². The van der Waals surface area contributed by atoms with Gasteiger partial charge in [-0.15, -0.1) is 0 Å². The molecule has 1 heterocycles. The van der Waals surface area contributed by atoms with E-state index in [1.807, 2.05) is 72.4 Å². The van der Waals surface area contributed by atoms with Crippen LogP contribution in [0.15, 0.2) is 48.5 Å². The molecule has 0 N–H and O–H groups in total. The van der Waals surface area contributed by atoms with Gasteiger partial charge in [0.2, 0.25) is 0 Å². The van der Waals surface area contributed by atoms with Crippen molar-refractivity contribution in [1.82, 2.24) is 4.90 Å². The predicted octanol–water partition coefficient (Wildman–Crippen LogP) is 2.84. The molecule has 1 aliphatic rings. The van der Waals surface area contributed by atoms with Crippen LogP contribution in [0.1, 0.15) is 15.9 Å². The number of methoxy groups -OCH3 is 1. The Morgan fingerprint density at radius 2 is 1.85 bits per heavy atom. The Kier molecular flexibility index (Phi) is 5.78. The Hall–Kier alpha value is -2.53. The first-order chi connectivity index (χ1) is 12.6. The van der Waals surface area contributed by atoms with Crippen molar-refractivity contribution in [2.75, 3.05) is 45.8 Å². The molecule has 2 aromatic carbocycles. The maximum atomic E-state index is 12.8. The lowest BCUT2D eigenvalue weighted by molar-refractivity contribution is -0.0208. The monoisotopic (exact) mass is 354 g/mol. The van der Waals surface area contributed by atoms with Crippen molar-refractivity contribution in [3.63, 3.8) is 0 Å². The third-order valence-electron chi connectivity index (χ3n) is 4.68. The summed E-state index contributed by atoms with van der Waals surface area (Å²) < 4.78 is 11.1. The first-order valence-electron chi connectivity index (χ1n) is 8.88. The fourth-order valence-electron chi connectivity index (χ4n) is 3.14. The molecule has 1 amide bonds. The van der Waals surface area contributed by atoms with Gasteiger partial charge in [0.25, 0.3) is 5.91 Å². The van der Waals surface area contributed by atoms with Gasteiger partial charge in [0.05, 0.1) is 19.8 Å². The number of amides is 1. The van der Waals surface area contributed by atoms with Gasteiger partial charge in [0.1, 0.15) is 5.75 Å². The average Bonchev–Trinajstić information content (AvgIpc) is 2.68. The predicted molar refractivity (Wildman–Crippen MR) is 103 cm³/mol. The van der Waals surface area contributed by atoms with Crippen molar-refractivity contribution in [2.45, 2.75) is 12.5 Å². The van der Waals surface area contributed by atoms with E-state index in [0.29, 0.717) is 19.7 Å². The fourth-order valence-corrected chi connectivity index (χ4v) is 3.14. The molecule has 0 saturated carbocycles. The van der Waals surface area contributed by atoms with Crippen LogP contribution in [0, 0.1) is 0 Å². The van der Waals surface area contributed by atoms with Gasteiger partial charge in [0.15, 0.2) is 0 Å². The van der Waals surface area contributed by atoms with Crippen molar-refractivity contribution in [2.24, 2.45) is 0 Å². The van der Waals surface area contributed by atoms with Crippen molar-refractivity contribution in [3.8, 4) is 5.75 Å². The summed E-state index contributed by atoms with van der Waals surface area (Å²) >= 11 is 0. The largest absolute Gasteiger partial charge is 0.497 e. The molecule has 0 spiro atoms. The second kappa shape index (κ2) is 8.23. The van der Waals surface area contributed by atoms with E-state index >= 15 is 0 Å². The number of hydrogen-bond acceptors (Lipinski definition) is 4. The van der Waals surface area contributed by atoms with Gasteiger partial charge in [-0.3, -0.25) is 4.79 Å². The summed E-state index contributed by atoms with van der Waals surface area (Å²) in [4.78, 5) is 16.7. The molecule has 1 unspecified atom stereocenters. The fraction of sp³-hybridized carbons (Fsp3) is 0.381. The van der Waals surface area contributed by atoms with E-state index < -0.39 is 0 Å². The van der Waals surface area contributed by atoms with E-state index in [9.17, 15) is 4.79 Å². The Morgan fingerprint density at radius 1 is 1.15 bits per heavy atom. The standard InChI is InChI=1S/C21H26N2O3/c1-22(2)18-8-6-17(7-9-18)21(24)23-12-13-26-20(15-23)14-16-4-10-19(25-3)11-5-16/h4-11,20H,12-15H2,1-3H3. The van der Waals surface area contributed by atoms with Crippen molar-refractivity contribution in [1.29, 1.82) is 0 Å². The molecule has 1 fully saturated rings. The number of ether oxygens (including phenoxy) is 2. The van der Waals surface area contributed by atoms with Crippen LogP contribution >= 0.6 is 0 Å². The molecule has 2 aromatic rings. The van der Waals surface area contributed by atoms with Crippen LogP contribution in [0.2, 0.25) is 0 Å². The molecule has 5 heteroatoms. The van der Waals surface area contributed by atoms with Crippen molar-refractivity contribution in [3.05, 3.63) is 59.7 Å². The zero-order valence-electron chi connectivity index (χ0n) is 15.6. The number of carbonyl (C=O) groups excluding carboxylic acids is 1. The lowest BCUT2D eigenvalue weighted by Gasteiger charge is -2.33. The van der Waals surface area contributed by atoms with Crippen LogP contribution in [-0.2, 0) is 11.2 Å². The van der Waals surface area contributed by atoms with Crippen molar-refractivity contribution >= 4 is 11.6 Å². The van der Waals surface area contributed by atoms with E-state index in [2.05, 4.69) is 0 Å². The lowest BCUT2D eigenvalue weighted by Crippen LogP contribution is -2.46. The van der Waals surface area contributed by atoms with Crippen molar-refractivity contribution < 1.29 is 14.3 Å². The molecule has 1 saturated heterocycles. The highest BCUT2D eigenvalue weighted by Crippen LogP contribution is 2.18. The molecule has 0 aliphatic carbocycles. The second-order valence-electron chi connectivity index (χ2n) is 6.74. The van der Waals surface area contributed by atoms with Gasteiger partial charge >= 0.3 is 0 Å². The molecule has 0 bridgehead atoms. The number of anilines is 1. The molecular formula is C21H26N2O3. The van der Waals surface area contributed by atoms with Crippen LogP contribution < -0.4 is 9.64 Å². The first kappa shape index (κ1) is 18.3. The summed E-state index contributed by atoms with van der Waals surface area (Å²) in [5.74, 6) is 0.912. The summed E-state index contributed by atoms with van der Waals surface area (Å²) in [5, 5.41) is 0.